The van der Waals surface area contributed by atoms with Gasteiger partial charge >= 0.3 is 51.4 Å². The van der Waals surface area contributed by atoms with Crippen molar-refractivity contribution in [3.05, 3.63) is 29.3 Å². The van der Waals surface area contributed by atoms with Crippen LogP contribution in [0.25, 0.3) is 0 Å². The van der Waals surface area contributed by atoms with Crippen molar-refractivity contribution in [2.75, 3.05) is 0 Å². The first kappa shape index (κ1) is 12.3. The fourth-order valence-corrected chi connectivity index (χ4v) is 1.05. The zero-order chi connectivity index (χ0) is 7.56. The largest absolute Gasteiger partial charge is 1.00 e. The van der Waals surface area contributed by atoms with Crippen LogP contribution in [0, 0.1) is 0 Å². The third kappa shape index (κ3) is 4.14. The monoisotopic (exact) mass is 216 g/mol. The number of hydrogen-bond donors (Lipinski definition) is 1. The second kappa shape index (κ2) is 5.83. The number of benzene rings is 1. The minimum absolute atomic E-state index is 0. The van der Waals surface area contributed by atoms with Gasteiger partial charge in [-0.05, 0) is 24.3 Å². The van der Waals surface area contributed by atoms with E-state index in [4.69, 9.17) is 16.2 Å². The topological polar surface area (TPSA) is 37.3 Å². The zero-order valence-electron chi connectivity index (χ0n) is 6.95. The molecular weight excluding hydrogens is 211 g/mol. The van der Waals surface area contributed by atoms with Crippen molar-refractivity contribution in [3.63, 3.8) is 0 Å². The molecule has 2 nitrogen and oxygen atoms in total. The van der Waals surface area contributed by atoms with Gasteiger partial charge in [0.1, 0.15) is 0 Å². The van der Waals surface area contributed by atoms with Crippen LogP contribution in [-0.2, 0) is 11.1 Å². The Balaban J connectivity index is 0. The average molecular weight is 217 g/mol. The second-order valence-corrected chi connectivity index (χ2v) is 3.11. The third-order valence-electron chi connectivity index (χ3n) is 1.02. The molecule has 1 rings (SSSR count). The summed E-state index contributed by atoms with van der Waals surface area (Å²) in [6.45, 7) is 0. The Labute approximate surface area is 117 Å². The van der Waals surface area contributed by atoms with E-state index in [1.807, 2.05) is 0 Å². The molecule has 0 aliphatic heterocycles. The van der Waals surface area contributed by atoms with E-state index >= 15 is 0 Å². The van der Waals surface area contributed by atoms with E-state index in [0.717, 1.165) is 0 Å². The minimum atomic E-state index is -1.90. The molecule has 0 aliphatic carbocycles. The molecule has 0 fully saturated rings. The quantitative estimate of drug-likeness (QED) is 0.485. The summed E-state index contributed by atoms with van der Waals surface area (Å²) < 4.78 is 18.9. The van der Waals surface area contributed by atoms with Crippen LogP contribution < -0.4 is 51.4 Å². The van der Waals surface area contributed by atoms with E-state index in [2.05, 4.69) is 0 Å². The van der Waals surface area contributed by atoms with Gasteiger partial charge in [0, 0.05) is 5.02 Å². The average Bonchev–Trinajstić information content (AvgIpc) is 1.88. The van der Waals surface area contributed by atoms with Crippen LogP contribution in [0.5, 0.6) is 0 Å². The third-order valence-corrected chi connectivity index (χ3v) is 1.94. The Kier molecular flexibility index (Phi) is 6.49. The van der Waals surface area contributed by atoms with Gasteiger partial charge < -0.3 is 5.98 Å². The second-order valence-electron chi connectivity index (χ2n) is 1.70. The summed E-state index contributed by atoms with van der Waals surface area (Å²) >= 11 is 3.64. The van der Waals surface area contributed by atoms with Crippen LogP contribution in [0.1, 0.15) is 1.43 Å². The summed E-state index contributed by atoms with van der Waals surface area (Å²) in [4.78, 5) is 0.365. The van der Waals surface area contributed by atoms with Crippen molar-refractivity contribution in [1.82, 2.24) is 0 Å². The van der Waals surface area contributed by atoms with Crippen LogP contribution >= 0.6 is 11.6 Å². The molecule has 0 heterocycles. The Morgan fingerprint density at radius 3 is 2.18 bits per heavy atom. The van der Waals surface area contributed by atoms with E-state index in [1.165, 1.54) is 12.1 Å². The van der Waals surface area contributed by atoms with Gasteiger partial charge in [0.25, 0.3) is 0 Å². The summed E-state index contributed by atoms with van der Waals surface area (Å²) in [6, 6.07) is 6.17. The molecule has 56 valence electrons. The van der Waals surface area contributed by atoms with E-state index < -0.39 is 11.1 Å². The van der Waals surface area contributed by atoms with Gasteiger partial charge in [-0.3, -0.25) is 0 Å². The Bertz CT molecular complexity index is 254. The zero-order valence-corrected chi connectivity index (χ0v) is 10.6. The molecule has 0 spiro atoms. The van der Waals surface area contributed by atoms with Crippen LogP contribution in [0.3, 0.4) is 0 Å². The first-order chi connectivity index (χ1) is 4.70. The molecule has 5 heteroatoms. The van der Waals surface area contributed by atoms with Gasteiger partial charge in [0.15, 0.2) is 11.1 Å². The molecule has 0 amide bonds. The maximum absolute atomic E-state index is 10.4. The summed E-state index contributed by atoms with van der Waals surface area (Å²) in [5.41, 5.74) is 0. The molecule has 0 aromatic heterocycles. The molecule has 0 radical (unpaired) electrons. The first-order valence-electron chi connectivity index (χ1n) is 2.56. The van der Waals surface area contributed by atoms with Crippen LogP contribution in [0.2, 0.25) is 5.02 Å². The molecular formula is C6H6ClKO2S. The van der Waals surface area contributed by atoms with E-state index in [9.17, 15) is 4.21 Å². The fraction of sp³-hybridized carbons (Fsp3) is 0. The molecule has 0 aliphatic rings. The summed E-state index contributed by atoms with van der Waals surface area (Å²) in [5, 5.41) is 0.564. The van der Waals surface area contributed by atoms with Crippen molar-refractivity contribution in [1.29, 1.82) is 0 Å². The van der Waals surface area contributed by atoms with Gasteiger partial charge in [0.05, 0.1) is 4.90 Å². The molecule has 1 aromatic rings. The smallest absolute Gasteiger partial charge is 1.00 e. The maximum Gasteiger partial charge on any atom is 1.00 e. The fourth-order valence-electron chi connectivity index (χ4n) is 0.551. The Morgan fingerprint density at radius 1 is 1.36 bits per heavy atom. The standard InChI is InChI=1S/C6H5ClO2S.K.H/c7-5-1-3-6(4-2-5)10(8)9;;/h1-4H,(H,8,9);;/q;+1;-1. The Hall–Kier alpha value is 1.26. The molecule has 1 atom stereocenters. The molecule has 0 saturated carbocycles. The molecule has 1 unspecified atom stereocenters. The number of rotatable bonds is 1. The van der Waals surface area contributed by atoms with Crippen LogP contribution in [-0.4, -0.2) is 8.76 Å². The predicted molar refractivity (Wildman–Crippen MR) is 41.6 cm³/mol. The molecule has 1 N–H and O–H groups in total. The van der Waals surface area contributed by atoms with Gasteiger partial charge in [-0.2, -0.15) is 0 Å². The van der Waals surface area contributed by atoms with Gasteiger partial charge in [-0.15, -0.1) is 0 Å². The summed E-state index contributed by atoms with van der Waals surface area (Å²) in [6.07, 6.45) is 0. The SMILES string of the molecule is O=S(O)c1ccc(Cl)cc1.[H-].[K+]. The van der Waals surface area contributed by atoms with E-state index in [0.29, 0.717) is 9.92 Å². The van der Waals surface area contributed by atoms with Gasteiger partial charge in [-0.25, -0.2) is 4.21 Å². The Morgan fingerprint density at radius 2 is 1.82 bits per heavy atom. The first-order valence-corrected chi connectivity index (χ1v) is 4.05. The summed E-state index contributed by atoms with van der Waals surface area (Å²) in [5.74, 6) is 0. The van der Waals surface area contributed by atoms with Gasteiger partial charge in [0.2, 0.25) is 0 Å². The van der Waals surface area contributed by atoms with Crippen molar-refractivity contribution >= 4 is 22.7 Å². The normalized spacial score (nSPS) is 11.8. The predicted octanol–water partition coefficient (Wildman–Crippen LogP) is -0.963. The molecule has 0 bridgehead atoms. The molecule has 1 aromatic carbocycles. The summed E-state index contributed by atoms with van der Waals surface area (Å²) in [7, 11) is 0. The van der Waals surface area contributed by atoms with E-state index in [-0.39, 0.29) is 52.8 Å². The van der Waals surface area contributed by atoms with Crippen molar-refractivity contribution in [2.45, 2.75) is 4.90 Å². The van der Waals surface area contributed by atoms with Crippen LogP contribution in [0.4, 0.5) is 0 Å². The maximum atomic E-state index is 10.4. The van der Waals surface area contributed by atoms with Gasteiger partial charge in [-0.1, -0.05) is 11.6 Å². The van der Waals surface area contributed by atoms with Crippen molar-refractivity contribution in [2.24, 2.45) is 0 Å². The van der Waals surface area contributed by atoms with Crippen molar-refractivity contribution in [3.8, 4) is 0 Å². The van der Waals surface area contributed by atoms with Crippen LogP contribution in [0.15, 0.2) is 29.2 Å². The minimum Gasteiger partial charge on any atom is -1.00 e. The number of halogens is 1. The molecule has 0 saturated heterocycles. The molecule has 11 heavy (non-hydrogen) atoms. The number of hydrogen-bond acceptors (Lipinski definition) is 1. The van der Waals surface area contributed by atoms with E-state index in [1.54, 1.807) is 12.1 Å². The van der Waals surface area contributed by atoms with Crippen molar-refractivity contribution < 1.29 is 61.6 Å².